The molecular formula is C15H17NO4. The second-order valence-electron chi connectivity index (χ2n) is 6.25. The summed E-state index contributed by atoms with van der Waals surface area (Å²) in [6.07, 6.45) is 4.20. The van der Waals surface area contributed by atoms with Crippen LogP contribution in [0.3, 0.4) is 0 Å². The molecule has 1 saturated carbocycles. The monoisotopic (exact) mass is 275 g/mol. The summed E-state index contributed by atoms with van der Waals surface area (Å²) in [5, 5.41) is 0. The molecule has 20 heavy (non-hydrogen) atoms. The third-order valence-corrected chi connectivity index (χ3v) is 5.26. The van der Waals surface area contributed by atoms with Crippen LogP contribution in [0, 0.1) is 10.8 Å². The summed E-state index contributed by atoms with van der Waals surface area (Å²) in [5.74, 6) is -0.457. The van der Waals surface area contributed by atoms with Crippen molar-refractivity contribution in [3.63, 3.8) is 0 Å². The normalized spacial score (nSPS) is 33.9. The van der Waals surface area contributed by atoms with Gasteiger partial charge in [0.2, 0.25) is 5.60 Å². The standard InChI is InChI=1S/C15H17NO4/c1-13(2)14(3)6-7-15(13,20-11(14)17)12(18)19-10-5-4-8-16-9-10/h4-5,8-9H,6-7H2,1-3H3. The van der Waals surface area contributed by atoms with Gasteiger partial charge in [0.25, 0.3) is 0 Å². The van der Waals surface area contributed by atoms with Crippen molar-refractivity contribution >= 4 is 11.9 Å². The topological polar surface area (TPSA) is 65.5 Å². The highest BCUT2D eigenvalue weighted by Crippen LogP contribution is 2.65. The smallest absolute Gasteiger partial charge is 0.356 e. The van der Waals surface area contributed by atoms with Crippen LogP contribution in [0.25, 0.3) is 0 Å². The van der Waals surface area contributed by atoms with Crippen molar-refractivity contribution in [1.29, 1.82) is 0 Å². The van der Waals surface area contributed by atoms with Gasteiger partial charge in [0.05, 0.1) is 11.6 Å². The molecule has 2 heterocycles. The zero-order valence-electron chi connectivity index (χ0n) is 11.8. The van der Waals surface area contributed by atoms with Gasteiger partial charge in [-0.1, -0.05) is 13.8 Å². The predicted molar refractivity (Wildman–Crippen MR) is 69.8 cm³/mol. The third-order valence-electron chi connectivity index (χ3n) is 5.26. The molecule has 5 nitrogen and oxygen atoms in total. The van der Waals surface area contributed by atoms with E-state index in [0.29, 0.717) is 18.6 Å². The Morgan fingerprint density at radius 1 is 1.35 bits per heavy atom. The van der Waals surface area contributed by atoms with Crippen molar-refractivity contribution in [2.75, 3.05) is 0 Å². The average molecular weight is 275 g/mol. The van der Waals surface area contributed by atoms with Crippen molar-refractivity contribution in [3.05, 3.63) is 24.5 Å². The lowest BCUT2D eigenvalue weighted by Crippen LogP contribution is -2.50. The highest BCUT2D eigenvalue weighted by atomic mass is 16.6. The minimum absolute atomic E-state index is 0.308. The van der Waals surface area contributed by atoms with Crippen LogP contribution in [0.4, 0.5) is 0 Å². The van der Waals surface area contributed by atoms with Gasteiger partial charge in [-0.05, 0) is 31.9 Å². The van der Waals surface area contributed by atoms with Gasteiger partial charge in [0.15, 0.2) is 0 Å². The van der Waals surface area contributed by atoms with Crippen LogP contribution in [0.2, 0.25) is 0 Å². The molecule has 0 amide bonds. The van der Waals surface area contributed by atoms with Gasteiger partial charge in [-0.2, -0.15) is 0 Å². The van der Waals surface area contributed by atoms with Crippen LogP contribution in [-0.2, 0) is 14.3 Å². The van der Waals surface area contributed by atoms with E-state index in [1.165, 1.54) is 6.20 Å². The molecule has 2 fully saturated rings. The molecule has 2 aliphatic rings. The van der Waals surface area contributed by atoms with E-state index in [4.69, 9.17) is 9.47 Å². The zero-order valence-corrected chi connectivity index (χ0v) is 11.8. The number of nitrogens with zero attached hydrogens (tertiary/aromatic N) is 1. The molecule has 2 atom stereocenters. The van der Waals surface area contributed by atoms with Crippen LogP contribution in [-0.4, -0.2) is 22.5 Å². The van der Waals surface area contributed by atoms with E-state index in [2.05, 4.69) is 4.98 Å². The Hall–Kier alpha value is -1.91. The Kier molecular flexibility index (Phi) is 2.49. The largest absolute Gasteiger partial charge is 0.446 e. The summed E-state index contributed by atoms with van der Waals surface area (Å²) in [5.41, 5.74) is -2.40. The SMILES string of the molecule is CC12CCC(C(=O)Oc3cccnc3)(OC1=O)C2(C)C. The summed E-state index contributed by atoms with van der Waals surface area (Å²) < 4.78 is 10.8. The quantitative estimate of drug-likeness (QED) is 0.773. The van der Waals surface area contributed by atoms with Gasteiger partial charge in [-0.15, -0.1) is 0 Å². The summed E-state index contributed by atoms with van der Waals surface area (Å²) in [4.78, 5) is 28.6. The fourth-order valence-electron chi connectivity index (χ4n) is 3.30. The van der Waals surface area contributed by atoms with Crippen molar-refractivity contribution in [1.82, 2.24) is 4.98 Å². The fourth-order valence-corrected chi connectivity index (χ4v) is 3.30. The van der Waals surface area contributed by atoms with Gasteiger partial charge in [0, 0.05) is 11.6 Å². The van der Waals surface area contributed by atoms with E-state index in [0.717, 1.165) is 0 Å². The molecule has 0 spiro atoms. The second kappa shape index (κ2) is 3.81. The lowest BCUT2D eigenvalue weighted by atomic mass is 9.66. The number of aromatic nitrogens is 1. The van der Waals surface area contributed by atoms with Crippen molar-refractivity contribution < 1.29 is 19.1 Å². The molecule has 0 radical (unpaired) electrons. The highest BCUT2D eigenvalue weighted by Gasteiger charge is 2.76. The number of hydrogen-bond donors (Lipinski definition) is 0. The number of carbonyl (C=O) groups is 2. The van der Waals surface area contributed by atoms with E-state index in [1.807, 2.05) is 20.8 Å². The van der Waals surface area contributed by atoms with E-state index in [1.54, 1.807) is 18.3 Å². The van der Waals surface area contributed by atoms with E-state index in [-0.39, 0.29) is 5.97 Å². The summed E-state index contributed by atoms with van der Waals surface area (Å²) in [7, 11) is 0. The van der Waals surface area contributed by atoms with Crippen LogP contribution >= 0.6 is 0 Å². The second-order valence-corrected chi connectivity index (χ2v) is 6.25. The molecule has 1 saturated heterocycles. The maximum absolute atomic E-state index is 12.6. The van der Waals surface area contributed by atoms with Crippen LogP contribution in [0.1, 0.15) is 33.6 Å². The van der Waals surface area contributed by atoms with Gasteiger partial charge in [-0.3, -0.25) is 9.78 Å². The number of rotatable bonds is 2. The zero-order chi connectivity index (χ0) is 14.6. The maximum atomic E-state index is 12.6. The molecule has 1 aromatic rings. The summed E-state index contributed by atoms with van der Waals surface area (Å²) in [6.45, 7) is 5.66. The molecule has 1 aliphatic heterocycles. The minimum atomic E-state index is -1.19. The van der Waals surface area contributed by atoms with Gasteiger partial charge >= 0.3 is 11.9 Å². The first-order chi connectivity index (χ1) is 9.33. The van der Waals surface area contributed by atoms with Gasteiger partial charge in [0.1, 0.15) is 5.75 Å². The molecule has 2 unspecified atom stereocenters. The van der Waals surface area contributed by atoms with Crippen molar-refractivity contribution in [3.8, 4) is 5.75 Å². The summed E-state index contributed by atoms with van der Waals surface area (Å²) in [6, 6.07) is 3.34. The van der Waals surface area contributed by atoms with Gasteiger partial charge in [-0.25, -0.2) is 4.79 Å². The minimum Gasteiger partial charge on any atom is -0.446 e. The summed E-state index contributed by atoms with van der Waals surface area (Å²) >= 11 is 0. The molecule has 0 N–H and O–H groups in total. The molecule has 106 valence electrons. The number of fused-ring (bicyclic) bond motifs is 2. The molecule has 2 bridgehead atoms. The maximum Gasteiger partial charge on any atom is 0.356 e. The molecule has 1 aromatic heterocycles. The molecule has 0 aromatic carbocycles. The number of ether oxygens (including phenoxy) is 2. The van der Waals surface area contributed by atoms with Crippen LogP contribution in [0.5, 0.6) is 5.75 Å². The first-order valence-corrected chi connectivity index (χ1v) is 6.69. The lowest BCUT2D eigenvalue weighted by Gasteiger charge is -2.34. The number of esters is 2. The Bertz CT molecular complexity index is 583. The number of carbonyl (C=O) groups excluding carboxylic acids is 2. The average Bonchev–Trinajstić information content (AvgIpc) is 2.70. The first-order valence-electron chi connectivity index (χ1n) is 6.69. The first kappa shape index (κ1) is 13.1. The van der Waals surface area contributed by atoms with Gasteiger partial charge < -0.3 is 9.47 Å². The van der Waals surface area contributed by atoms with Crippen molar-refractivity contribution in [2.45, 2.75) is 39.2 Å². The van der Waals surface area contributed by atoms with Crippen LogP contribution in [0.15, 0.2) is 24.5 Å². The molecule has 3 rings (SSSR count). The lowest BCUT2D eigenvalue weighted by molar-refractivity contribution is -0.176. The van der Waals surface area contributed by atoms with Crippen LogP contribution < -0.4 is 4.74 Å². The Morgan fingerprint density at radius 3 is 2.60 bits per heavy atom. The van der Waals surface area contributed by atoms with E-state index >= 15 is 0 Å². The predicted octanol–water partition coefficient (Wildman–Crippen LogP) is 2.11. The molecule has 5 heteroatoms. The molecular weight excluding hydrogens is 258 g/mol. The Balaban J connectivity index is 1.94. The fraction of sp³-hybridized carbons (Fsp3) is 0.533. The highest BCUT2D eigenvalue weighted by molar-refractivity contribution is 5.94. The molecule has 1 aliphatic carbocycles. The Morgan fingerprint density at radius 2 is 2.10 bits per heavy atom. The number of pyridine rings is 1. The third kappa shape index (κ3) is 1.35. The Labute approximate surface area is 117 Å². The van der Waals surface area contributed by atoms with E-state index in [9.17, 15) is 9.59 Å². The van der Waals surface area contributed by atoms with E-state index < -0.39 is 22.4 Å². The number of hydrogen-bond acceptors (Lipinski definition) is 5. The van der Waals surface area contributed by atoms with Crippen molar-refractivity contribution in [2.24, 2.45) is 10.8 Å².